The molecule has 0 saturated carbocycles. The van der Waals surface area contributed by atoms with E-state index in [9.17, 15) is 4.79 Å². The van der Waals surface area contributed by atoms with Crippen molar-refractivity contribution in [2.24, 2.45) is 0 Å². The first-order valence-corrected chi connectivity index (χ1v) is 7.23. The van der Waals surface area contributed by atoms with Crippen molar-refractivity contribution < 1.29 is 9.53 Å². The Morgan fingerprint density at radius 2 is 1.95 bits per heavy atom. The fraction of sp³-hybridized carbons (Fsp3) is 0.533. The molecule has 1 rings (SSSR count). The molecule has 0 heterocycles. The number of rotatable bonds is 7. The molecule has 0 bridgehead atoms. The summed E-state index contributed by atoms with van der Waals surface area (Å²) >= 11 is 5.67. The highest BCUT2D eigenvalue weighted by Crippen LogP contribution is 2.15. The van der Waals surface area contributed by atoms with E-state index >= 15 is 0 Å². The van der Waals surface area contributed by atoms with Crippen LogP contribution in [0.1, 0.15) is 37.6 Å². The summed E-state index contributed by atoms with van der Waals surface area (Å²) < 4.78 is 5.56. The first-order valence-electron chi connectivity index (χ1n) is 6.70. The summed E-state index contributed by atoms with van der Waals surface area (Å²) in [6.07, 6.45) is 0.952. The van der Waals surface area contributed by atoms with Crippen LogP contribution >= 0.6 is 11.6 Å². The van der Waals surface area contributed by atoms with Crippen LogP contribution < -0.4 is 4.74 Å². The number of nitrogens with zero attached hydrogens (tertiary/aromatic N) is 1. The van der Waals surface area contributed by atoms with Crippen LogP contribution in [-0.2, 0) is 0 Å². The molecule has 0 fully saturated rings. The standard InChI is InChI=1S/C15H22ClNO2/c1-4-17(11-5-10-16)15(18)13-6-8-14(9-7-13)19-12(2)3/h6-9,12H,4-5,10-11H2,1-3H3. The fourth-order valence-electron chi connectivity index (χ4n) is 1.78. The first kappa shape index (κ1) is 15.8. The molecule has 1 amide bonds. The Hall–Kier alpha value is -1.22. The second-order valence-corrected chi connectivity index (χ2v) is 5.00. The second-order valence-electron chi connectivity index (χ2n) is 4.62. The molecule has 0 saturated heterocycles. The molecule has 0 radical (unpaired) electrons. The number of ether oxygens (including phenoxy) is 1. The van der Waals surface area contributed by atoms with E-state index in [1.807, 2.05) is 45.0 Å². The maximum Gasteiger partial charge on any atom is 0.253 e. The van der Waals surface area contributed by atoms with E-state index in [1.54, 1.807) is 4.90 Å². The van der Waals surface area contributed by atoms with Gasteiger partial charge in [0, 0.05) is 24.5 Å². The van der Waals surface area contributed by atoms with Gasteiger partial charge in [-0.05, 0) is 51.5 Å². The minimum Gasteiger partial charge on any atom is -0.491 e. The van der Waals surface area contributed by atoms with Crippen LogP contribution in [0.5, 0.6) is 5.75 Å². The average Bonchev–Trinajstić information content (AvgIpc) is 2.39. The molecule has 106 valence electrons. The van der Waals surface area contributed by atoms with Gasteiger partial charge in [-0.25, -0.2) is 0 Å². The van der Waals surface area contributed by atoms with Crippen molar-refractivity contribution in [2.75, 3.05) is 19.0 Å². The van der Waals surface area contributed by atoms with Gasteiger partial charge in [0.15, 0.2) is 0 Å². The molecule has 4 heteroatoms. The lowest BCUT2D eigenvalue weighted by Crippen LogP contribution is -2.31. The number of benzene rings is 1. The summed E-state index contributed by atoms with van der Waals surface area (Å²) in [6.45, 7) is 7.32. The highest BCUT2D eigenvalue weighted by Gasteiger charge is 2.13. The zero-order chi connectivity index (χ0) is 14.3. The van der Waals surface area contributed by atoms with Gasteiger partial charge in [-0.2, -0.15) is 0 Å². The Morgan fingerprint density at radius 1 is 1.32 bits per heavy atom. The van der Waals surface area contributed by atoms with E-state index in [0.29, 0.717) is 24.5 Å². The van der Waals surface area contributed by atoms with E-state index in [-0.39, 0.29) is 12.0 Å². The highest BCUT2D eigenvalue weighted by molar-refractivity contribution is 6.17. The molecule has 1 aromatic rings. The average molecular weight is 284 g/mol. The number of hydrogen-bond donors (Lipinski definition) is 0. The number of amides is 1. The van der Waals surface area contributed by atoms with Crippen LogP contribution in [0.3, 0.4) is 0 Å². The smallest absolute Gasteiger partial charge is 0.253 e. The minimum atomic E-state index is 0.0451. The second kappa shape index (κ2) is 8.05. The topological polar surface area (TPSA) is 29.5 Å². The van der Waals surface area contributed by atoms with Crippen LogP contribution in [0.25, 0.3) is 0 Å². The van der Waals surface area contributed by atoms with Crippen LogP contribution in [0.2, 0.25) is 0 Å². The highest BCUT2D eigenvalue weighted by atomic mass is 35.5. The molecule has 0 aliphatic rings. The first-order chi connectivity index (χ1) is 9.08. The molecule has 1 aromatic carbocycles. The van der Waals surface area contributed by atoms with Crippen molar-refractivity contribution in [1.82, 2.24) is 4.90 Å². The summed E-state index contributed by atoms with van der Waals surface area (Å²) in [4.78, 5) is 14.1. The van der Waals surface area contributed by atoms with Crippen LogP contribution in [0.15, 0.2) is 24.3 Å². The molecule has 0 aromatic heterocycles. The van der Waals surface area contributed by atoms with Gasteiger partial charge in [0.2, 0.25) is 0 Å². The zero-order valence-electron chi connectivity index (χ0n) is 11.9. The maximum absolute atomic E-state index is 12.3. The van der Waals surface area contributed by atoms with Crippen LogP contribution in [0, 0.1) is 0 Å². The van der Waals surface area contributed by atoms with E-state index in [2.05, 4.69) is 0 Å². The number of carbonyl (C=O) groups excluding carboxylic acids is 1. The molecule has 19 heavy (non-hydrogen) atoms. The van der Waals surface area contributed by atoms with E-state index < -0.39 is 0 Å². The largest absolute Gasteiger partial charge is 0.491 e. The predicted octanol–water partition coefficient (Wildman–Crippen LogP) is 3.56. The molecule has 0 unspecified atom stereocenters. The van der Waals surface area contributed by atoms with E-state index in [4.69, 9.17) is 16.3 Å². The summed E-state index contributed by atoms with van der Waals surface area (Å²) in [7, 11) is 0. The third-order valence-corrected chi connectivity index (χ3v) is 2.97. The number of halogens is 1. The van der Waals surface area contributed by atoms with E-state index in [1.165, 1.54) is 0 Å². The van der Waals surface area contributed by atoms with Crippen molar-refractivity contribution in [3.63, 3.8) is 0 Å². The lowest BCUT2D eigenvalue weighted by molar-refractivity contribution is 0.0765. The normalized spacial score (nSPS) is 10.6. The predicted molar refractivity (Wildman–Crippen MR) is 79.1 cm³/mol. The van der Waals surface area contributed by atoms with Gasteiger partial charge in [-0.15, -0.1) is 11.6 Å². The van der Waals surface area contributed by atoms with Gasteiger partial charge < -0.3 is 9.64 Å². The molecule has 0 atom stereocenters. The van der Waals surface area contributed by atoms with Gasteiger partial charge in [0.05, 0.1) is 6.10 Å². The number of hydrogen-bond acceptors (Lipinski definition) is 2. The summed E-state index contributed by atoms with van der Waals surface area (Å²) in [5, 5.41) is 0. The van der Waals surface area contributed by atoms with Gasteiger partial charge >= 0.3 is 0 Å². The molecule has 3 nitrogen and oxygen atoms in total. The minimum absolute atomic E-state index is 0.0451. The van der Waals surface area contributed by atoms with Gasteiger partial charge in [0.25, 0.3) is 5.91 Å². The summed E-state index contributed by atoms with van der Waals surface area (Å²) in [5.41, 5.74) is 0.688. The molecule has 0 spiro atoms. The Bertz CT molecular complexity index is 390. The summed E-state index contributed by atoms with van der Waals surface area (Å²) in [5.74, 6) is 1.41. The van der Waals surface area contributed by atoms with Crippen LogP contribution in [0.4, 0.5) is 0 Å². The monoisotopic (exact) mass is 283 g/mol. The Morgan fingerprint density at radius 3 is 2.42 bits per heavy atom. The van der Waals surface area contributed by atoms with Crippen molar-refractivity contribution in [3.05, 3.63) is 29.8 Å². The zero-order valence-corrected chi connectivity index (χ0v) is 12.6. The Kier molecular flexibility index (Phi) is 6.71. The Balaban J connectivity index is 2.70. The molecule has 0 aliphatic heterocycles. The molecular weight excluding hydrogens is 262 g/mol. The van der Waals surface area contributed by atoms with E-state index in [0.717, 1.165) is 12.2 Å². The van der Waals surface area contributed by atoms with Crippen molar-refractivity contribution >= 4 is 17.5 Å². The summed E-state index contributed by atoms with van der Waals surface area (Å²) in [6, 6.07) is 7.29. The van der Waals surface area contributed by atoms with Gasteiger partial charge in [0.1, 0.15) is 5.75 Å². The lowest BCUT2D eigenvalue weighted by Gasteiger charge is -2.20. The van der Waals surface area contributed by atoms with Crippen molar-refractivity contribution in [1.29, 1.82) is 0 Å². The number of alkyl halides is 1. The maximum atomic E-state index is 12.3. The SMILES string of the molecule is CCN(CCCCl)C(=O)c1ccc(OC(C)C)cc1. The Labute approximate surface area is 120 Å². The van der Waals surface area contributed by atoms with Gasteiger partial charge in [-0.1, -0.05) is 0 Å². The lowest BCUT2D eigenvalue weighted by atomic mass is 10.2. The quantitative estimate of drug-likeness (QED) is 0.716. The van der Waals surface area contributed by atoms with Gasteiger partial charge in [-0.3, -0.25) is 4.79 Å². The molecular formula is C15H22ClNO2. The fourth-order valence-corrected chi connectivity index (χ4v) is 1.90. The van der Waals surface area contributed by atoms with Crippen molar-refractivity contribution in [3.8, 4) is 5.75 Å². The number of carbonyl (C=O) groups is 1. The molecule has 0 aliphatic carbocycles. The molecule has 0 N–H and O–H groups in total. The third kappa shape index (κ3) is 5.11. The van der Waals surface area contributed by atoms with Crippen LogP contribution in [-0.4, -0.2) is 35.9 Å². The van der Waals surface area contributed by atoms with Crippen molar-refractivity contribution in [2.45, 2.75) is 33.3 Å². The third-order valence-electron chi connectivity index (χ3n) is 2.70.